The van der Waals surface area contributed by atoms with Gasteiger partial charge in [-0.15, -0.1) is 0 Å². The first-order valence-electron chi connectivity index (χ1n) is 37.0. The van der Waals surface area contributed by atoms with E-state index in [1.165, 1.54) is 214 Å². The highest BCUT2D eigenvalue weighted by atomic mass is 14.4. The van der Waals surface area contributed by atoms with Crippen molar-refractivity contribution in [1.29, 1.82) is 0 Å². The maximum absolute atomic E-state index is 2.48. The number of fused-ring (bicyclic) bond motifs is 16. The van der Waals surface area contributed by atoms with Crippen molar-refractivity contribution in [3.05, 3.63) is 386 Å². The molecule has 0 atom stereocenters. The molecule has 0 aromatic heterocycles. The lowest BCUT2D eigenvalue weighted by Gasteiger charge is -2.23. The molecule has 0 nitrogen and oxygen atoms in total. The Hall–Kier alpha value is -12.7. The first kappa shape index (κ1) is 62.1. The monoisotopic (exact) mass is 1330 g/mol. The van der Waals surface area contributed by atoms with Crippen molar-refractivity contribution in [2.45, 2.75) is 45.4 Å². The van der Waals surface area contributed by atoms with Gasteiger partial charge in [-0.25, -0.2) is 0 Å². The van der Waals surface area contributed by atoms with Gasteiger partial charge in [-0.2, -0.15) is 0 Å². The summed E-state index contributed by atoms with van der Waals surface area (Å²) >= 11 is 0. The van der Waals surface area contributed by atoms with Crippen molar-refractivity contribution < 1.29 is 0 Å². The van der Waals surface area contributed by atoms with Crippen LogP contribution in [0.15, 0.2) is 358 Å². The molecule has 0 spiro atoms. The fourth-order valence-corrected chi connectivity index (χ4v) is 18.5. The smallest absolute Gasteiger partial charge is 0.0159 e. The molecule has 2 aliphatic carbocycles. The predicted molar refractivity (Wildman–Crippen MR) is 451 cm³/mol. The zero-order valence-corrected chi connectivity index (χ0v) is 59.6. The van der Waals surface area contributed by atoms with E-state index < -0.39 is 0 Å². The maximum atomic E-state index is 2.48. The Bertz CT molecular complexity index is 6800. The predicted octanol–water partition coefficient (Wildman–Crippen LogP) is 29.2. The van der Waals surface area contributed by atoms with Crippen LogP contribution in [0.2, 0.25) is 0 Å². The summed E-state index contributed by atoms with van der Waals surface area (Å²) < 4.78 is 0. The van der Waals surface area contributed by atoms with Crippen LogP contribution in [-0.2, 0) is 10.8 Å². The summed E-state index contributed by atoms with van der Waals surface area (Å²) in [5.41, 5.74) is 29.8. The molecule has 0 saturated carbocycles. The Kier molecular flexibility index (Phi) is 14.3. The van der Waals surface area contributed by atoms with Gasteiger partial charge in [0, 0.05) is 10.8 Å². The molecule has 0 radical (unpaired) electrons. The van der Waals surface area contributed by atoms with E-state index >= 15 is 0 Å². The summed E-state index contributed by atoms with van der Waals surface area (Å²) in [5, 5.41) is 20.5. The number of aryl methyl sites for hydroxylation is 1. The first-order valence-corrected chi connectivity index (χ1v) is 37.0. The fraction of sp³-hybridized carbons (Fsp3) is 0.0667. The molecule has 2 aliphatic rings. The van der Waals surface area contributed by atoms with Gasteiger partial charge in [0.25, 0.3) is 0 Å². The Morgan fingerprint density at radius 1 is 0.162 bits per heavy atom. The van der Waals surface area contributed by atoms with Gasteiger partial charge in [0.2, 0.25) is 0 Å². The third kappa shape index (κ3) is 9.88. The molecule has 494 valence electrons. The average molecular weight is 1340 g/mol. The van der Waals surface area contributed by atoms with Crippen molar-refractivity contribution >= 4 is 86.2 Å². The number of hydrogen-bond acceptors (Lipinski definition) is 0. The normalized spacial score (nSPS) is 13.2. The van der Waals surface area contributed by atoms with Gasteiger partial charge < -0.3 is 0 Å². The molecule has 0 heterocycles. The Morgan fingerprint density at radius 2 is 0.476 bits per heavy atom. The van der Waals surface area contributed by atoms with Gasteiger partial charge in [0.1, 0.15) is 0 Å². The van der Waals surface area contributed by atoms with E-state index in [0.717, 1.165) is 0 Å². The van der Waals surface area contributed by atoms with Crippen LogP contribution in [0.25, 0.3) is 186 Å². The van der Waals surface area contributed by atoms with E-state index in [9.17, 15) is 0 Å². The molecule has 19 aromatic rings. The van der Waals surface area contributed by atoms with Crippen LogP contribution in [-0.4, -0.2) is 0 Å². The van der Waals surface area contributed by atoms with Crippen molar-refractivity contribution in [3.63, 3.8) is 0 Å². The molecule has 105 heavy (non-hydrogen) atoms. The molecule has 0 fully saturated rings. The summed E-state index contributed by atoms with van der Waals surface area (Å²) in [6.45, 7) is 11.7. The third-order valence-electron chi connectivity index (χ3n) is 23.6. The summed E-state index contributed by atoms with van der Waals surface area (Å²) in [4.78, 5) is 0. The average Bonchev–Trinajstić information content (AvgIpc) is 1.69. The van der Waals surface area contributed by atoms with Crippen LogP contribution in [0.4, 0.5) is 0 Å². The largest absolute Gasteiger partial charge is 0.0622 e. The van der Waals surface area contributed by atoms with Crippen LogP contribution < -0.4 is 0 Å². The van der Waals surface area contributed by atoms with Gasteiger partial charge in [0.15, 0.2) is 0 Å². The molecule has 19 aromatic carbocycles. The lowest BCUT2D eigenvalue weighted by molar-refractivity contribution is 0.660. The highest BCUT2D eigenvalue weighted by molar-refractivity contribution is 6.24. The molecule has 0 unspecified atom stereocenters. The maximum Gasteiger partial charge on any atom is 0.0159 e. The number of hydrogen-bond donors (Lipinski definition) is 0. The standard InChI is InChI=1S/C55H38.C50H36/c1-55(2)51-23-13-12-20-44(51)45-30-29-40(34-52(45)55)54-47-22-11-10-21-46(47)53(48-31-28-38(32-50(48)54)35-14-4-3-5-15-35)37-26-24-36(25-27-37)49-33-39-16-6-7-17-41(39)42-18-8-9-19-43(42)49;1-31-20-26-43-45(28-31)49(35-25-27-40-39-16-10-11-19-46(39)50(2,3)47(40)30-35)42-18-9-8-17-41(42)48(43)33-23-21-32(22-24-33)44-29-34-12-4-5-13-36(34)37-14-6-7-15-38(37)44/h3-34H,1-2H3;4-30H,1-3H3. The minimum atomic E-state index is -0.0825. The highest BCUT2D eigenvalue weighted by Crippen LogP contribution is 2.55. The van der Waals surface area contributed by atoms with Crippen molar-refractivity contribution in [2.24, 2.45) is 0 Å². The van der Waals surface area contributed by atoms with Crippen LogP contribution in [0.5, 0.6) is 0 Å². The Labute approximate surface area is 613 Å². The van der Waals surface area contributed by atoms with E-state index in [1.807, 2.05) is 0 Å². The van der Waals surface area contributed by atoms with E-state index in [4.69, 9.17) is 0 Å². The quantitative estimate of drug-likeness (QED) is 0.110. The van der Waals surface area contributed by atoms with Crippen molar-refractivity contribution in [1.82, 2.24) is 0 Å². The second-order valence-corrected chi connectivity index (χ2v) is 30.2. The van der Waals surface area contributed by atoms with E-state index in [-0.39, 0.29) is 10.8 Å². The summed E-state index contributed by atoms with van der Waals surface area (Å²) in [6.07, 6.45) is 0. The number of rotatable bonds is 7. The molecule has 0 amide bonds. The number of benzene rings is 19. The van der Waals surface area contributed by atoms with E-state index in [0.29, 0.717) is 0 Å². The van der Waals surface area contributed by atoms with E-state index in [2.05, 4.69) is 393 Å². The first-order chi connectivity index (χ1) is 51.5. The van der Waals surface area contributed by atoms with Crippen LogP contribution in [0, 0.1) is 6.92 Å². The van der Waals surface area contributed by atoms with Gasteiger partial charge in [0.05, 0.1) is 0 Å². The third-order valence-corrected chi connectivity index (χ3v) is 23.6. The summed E-state index contributed by atoms with van der Waals surface area (Å²) in [6, 6.07) is 133. The highest BCUT2D eigenvalue weighted by Gasteiger charge is 2.37. The molecule has 21 rings (SSSR count). The topological polar surface area (TPSA) is 0 Å². The minimum absolute atomic E-state index is 0.0541. The minimum Gasteiger partial charge on any atom is -0.0622 e. The van der Waals surface area contributed by atoms with Crippen molar-refractivity contribution in [3.8, 4) is 100 Å². The van der Waals surface area contributed by atoms with Gasteiger partial charge in [-0.1, -0.05) is 361 Å². The van der Waals surface area contributed by atoms with Gasteiger partial charge in [-0.05, 0) is 246 Å². The molecule has 0 N–H and O–H groups in total. The molecule has 0 bridgehead atoms. The lowest BCUT2D eigenvalue weighted by atomic mass is 9.80. The fourth-order valence-electron chi connectivity index (χ4n) is 18.5. The SMILES string of the molecule is CC1(C)c2ccccc2-c2ccc(-c3c4ccccc4c(-c4ccc(-c5cc6ccccc6c6ccccc56)cc4)c4ccc(-c5ccccc5)cc34)cc21.Cc1ccc2c(-c3ccc(-c4cc5ccccc5c5ccccc45)cc3)c3ccccc3c(-c3ccc4c(c3)C(C)(C)c3ccccc3-4)c2c1. The molecular weight excluding hydrogens is 1260 g/mol. The zero-order valence-electron chi connectivity index (χ0n) is 59.6. The van der Waals surface area contributed by atoms with Crippen molar-refractivity contribution in [2.75, 3.05) is 0 Å². The summed E-state index contributed by atoms with van der Waals surface area (Å²) in [5.74, 6) is 0. The second kappa shape index (κ2) is 24.2. The molecule has 0 aliphatic heterocycles. The zero-order chi connectivity index (χ0) is 70.2. The summed E-state index contributed by atoms with van der Waals surface area (Å²) in [7, 11) is 0. The lowest BCUT2D eigenvalue weighted by Crippen LogP contribution is -2.14. The van der Waals surface area contributed by atoms with Gasteiger partial charge >= 0.3 is 0 Å². The van der Waals surface area contributed by atoms with Gasteiger partial charge in [-0.3, -0.25) is 0 Å². The molecule has 0 saturated heterocycles. The molecule has 0 heteroatoms. The van der Waals surface area contributed by atoms with Crippen LogP contribution in [0.3, 0.4) is 0 Å². The second-order valence-electron chi connectivity index (χ2n) is 30.2. The van der Waals surface area contributed by atoms with Crippen LogP contribution in [0.1, 0.15) is 55.5 Å². The van der Waals surface area contributed by atoms with Crippen LogP contribution >= 0.6 is 0 Å². The Balaban J connectivity index is 0.000000140. The molecular formula is C105H74. The Morgan fingerprint density at radius 3 is 0.933 bits per heavy atom. The van der Waals surface area contributed by atoms with E-state index in [1.54, 1.807) is 0 Å².